The molecular formula is C26H30N4OS. The number of thioether (sulfide) groups is 1. The molecule has 1 fully saturated rings. The average Bonchev–Trinajstić information content (AvgIpc) is 2.81. The number of nitrogens with one attached hydrogen (secondary N) is 1. The maximum atomic E-state index is 12.4. The highest BCUT2D eigenvalue weighted by molar-refractivity contribution is 7.99. The first-order valence-electron chi connectivity index (χ1n) is 11.2. The lowest BCUT2D eigenvalue weighted by Gasteiger charge is -2.33. The summed E-state index contributed by atoms with van der Waals surface area (Å²) in [5.74, 6) is 1.92. The van der Waals surface area contributed by atoms with Crippen molar-refractivity contribution in [1.82, 2.24) is 9.97 Å². The zero-order chi connectivity index (χ0) is 22.3. The van der Waals surface area contributed by atoms with Crippen LogP contribution in [-0.2, 0) is 11.2 Å². The summed E-state index contributed by atoms with van der Waals surface area (Å²) in [6, 6.07) is 18.7. The molecule has 0 radical (unpaired) electrons. The summed E-state index contributed by atoms with van der Waals surface area (Å²) in [5, 5.41) is 3.63. The van der Waals surface area contributed by atoms with Crippen molar-refractivity contribution in [3.05, 3.63) is 77.5 Å². The van der Waals surface area contributed by atoms with E-state index in [9.17, 15) is 4.79 Å². The summed E-state index contributed by atoms with van der Waals surface area (Å²) < 4.78 is 0. The molecule has 5 nitrogen and oxygen atoms in total. The average molecular weight is 447 g/mol. The molecule has 4 rings (SSSR count). The van der Waals surface area contributed by atoms with Crippen LogP contribution in [0.5, 0.6) is 0 Å². The number of carbonyl (C=O) groups is 1. The van der Waals surface area contributed by atoms with Crippen LogP contribution < -0.4 is 10.2 Å². The summed E-state index contributed by atoms with van der Waals surface area (Å²) >= 11 is 1.38. The fraction of sp³-hybridized carbons (Fsp3) is 0.346. The maximum absolute atomic E-state index is 12.4. The van der Waals surface area contributed by atoms with Gasteiger partial charge in [0.05, 0.1) is 5.75 Å². The molecule has 0 unspecified atom stereocenters. The normalized spacial score (nSPS) is 14.4. The smallest absolute Gasteiger partial charge is 0.234 e. The Labute approximate surface area is 194 Å². The van der Waals surface area contributed by atoms with Crippen molar-refractivity contribution in [3.63, 3.8) is 0 Å². The number of amides is 1. The van der Waals surface area contributed by atoms with Crippen LogP contribution in [0.3, 0.4) is 0 Å². The second-order valence-corrected chi connectivity index (χ2v) is 9.42. The largest absolute Gasteiger partial charge is 0.356 e. The van der Waals surface area contributed by atoms with Gasteiger partial charge >= 0.3 is 0 Å². The highest BCUT2D eigenvalue weighted by Crippen LogP contribution is 2.26. The topological polar surface area (TPSA) is 58.1 Å². The lowest BCUT2D eigenvalue weighted by molar-refractivity contribution is -0.113. The Balaban J connectivity index is 1.27. The first kappa shape index (κ1) is 22.3. The number of aromatic nitrogens is 2. The van der Waals surface area contributed by atoms with Gasteiger partial charge in [0.15, 0.2) is 5.16 Å². The minimum atomic E-state index is -0.0438. The molecule has 0 saturated carbocycles. The molecule has 6 heteroatoms. The first-order chi connectivity index (χ1) is 15.6. The second-order valence-electron chi connectivity index (χ2n) is 8.47. The van der Waals surface area contributed by atoms with Gasteiger partial charge in [0.2, 0.25) is 5.91 Å². The van der Waals surface area contributed by atoms with E-state index in [0.29, 0.717) is 5.16 Å². The van der Waals surface area contributed by atoms with E-state index in [1.54, 1.807) is 6.20 Å². The third-order valence-corrected chi connectivity index (χ3v) is 6.77. The van der Waals surface area contributed by atoms with Gasteiger partial charge in [-0.15, -0.1) is 0 Å². The Hall–Kier alpha value is -2.86. The summed E-state index contributed by atoms with van der Waals surface area (Å²) in [6.07, 6.45) is 5.28. The monoisotopic (exact) mass is 446 g/mol. The number of benzene rings is 2. The van der Waals surface area contributed by atoms with Crippen LogP contribution in [0.25, 0.3) is 0 Å². The standard InChI is InChI=1S/C26H30N4OS/c1-19-8-9-23(20(2)16-19)28-25(31)18-32-26-27-13-10-24(29-26)30-14-11-22(12-15-30)17-21-6-4-3-5-7-21/h3-10,13,16,22H,11-12,14-15,17-18H2,1-2H3,(H,28,31). The quantitative estimate of drug-likeness (QED) is 0.395. The number of piperidine rings is 1. The summed E-state index contributed by atoms with van der Waals surface area (Å²) in [7, 11) is 0. The third-order valence-electron chi connectivity index (χ3n) is 5.91. The molecule has 0 aliphatic carbocycles. The van der Waals surface area contributed by atoms with Gasteiger partial charge < -0.3 is 10.2 Å². The van der Waals surface area contributed by atoms with Crippen molar-refractivity contribution in [1.29, 1.82) is 0 Å². The molecule has 0 bridgehead atoms. The molecule has 0 atom stereocenters. The van der Waals surface area contributed by atoms with Crippen molar-refractivity contribution >= 4 is 29.2 Å². The Bertz CT molecular complexity index is 1050. The Kier molecular flexibility index (Phi) is 7.43. The first-order valence-corrected chi connectivity index (χ1v) is 12.2. The zero-order valence-corrected chi connectivity index (χ0v) is 19.6. The van der Waals surface area contributed by atoms with Crippen molar-refractivity contribution in [2.75, 3.05) is 29.1 Å². The summed E-state index contributed by atoms with van der Waals surface area (Å²) in [5.41, 5.74) is 4.53. The van der Waals surface area contributed by atoms with Gasteiger partial charge in [-0.05, 0) is 62.3 Å². The minimum Gasteiger partial charge on any atom is -0.356 e. The van der Waals surface area contributed by atoms with Gasteiger partial charge in [0.25, 0.3) is 0 Å². The van der Waals surface area contributed by atoms with Crippen molar-refractivity contribution < 1.29 is 4.79 Å². The SMILES string of the molecule is Cc1ccc(NC(=O)CSc2nccc(N3CCC(Cc4ccccc4)CC3)n2)c(C)c1. The molecule has 2 heterocycles. The number of hydrogen-bond acceptors (Lipinski definition) is 5. The van der Waals surface area contributed by atoms with Gasteiger partial charge in [0.1, 0.15) is 5.82 Å². The molecule has 1 aliphatic heterocycles. The van der Waals surface area contributed by atoms with Gasteiger partial charge in [-0.2, -0.15) is 0 Å². The van der Waals surface area contributed by atoms with E-state index < -0.39 is 0 Å². The molecule has 32 heavy (non-hydrogen) atoms. The summed E-state index contributed by atoms with van der Waals surface area (Å²) in [6.45, 7) is 6.06. The number of anilines is 2. The van der Waals surface area contributed by atoms with E-state index in [-0.39, 0.29) is 11.7 Å². The maximum Gasteiger partial charge on any atom is 0.234 e. The number of hydrogen-bond donors (Lipinski definition) is 1. The van der Waals surface area contributed by atoms with Gasteiger partial charge in [-0.1, -0.05) is 59.8 Å². The van der Waals surface area contributed by atoms with Crippen LogP contribution in [0.2, 0.25) is 0 Å². The van der Waals surface area contributed by atoms with Crippen LogP contribution in [-0.4, -0.2) is 34.7 Å². The van der Waals surface area contributed by atoms with E-state index in [2.05, 4.69) is 51.6 Å². The fourth-order valence-electron chi connectivity index (χ4n) is 4.16. The van der Waals surface area contributed by atoms with Crippen molar-refractivity contribution in [2.45, 2.75) is 38.3 Å². The van der Waals surface area contributed by atoms with Crippen LogP contribution in [0.1, 0.15) is 29.5 Å². The fourth-order valence-corrected chi connectivity index (χ4v) is 4.79. The lowest BCUT2D eigenvalue weighted by Crippen LogP contribution is -2.35. The Morgan fingerprint density at radius 3 is 2.62 bits per heavy atom. The molecule has 1 aliphatic rings. The summed E-state index contributed by atoms with van der Waals surface area (Å²) in [4.78, 5) is 23.8. The molecule has 1 amide bonds. The number of carbonyl (C=O) groups excluding carboxylic acids is 1. The molecule has 1 N–H and O–H groups in total. The van der Waals surface area contributed by atoms with Gasteiger partial charge in [0, 0.05) is 25.0 Å². The molecule has 3 aromatic rings. The Morgan fingerprint density at radius 2 is 1.88 bits per heavy atom. The molecule has 1 saturated heterocycles. The van der Waals surface area contributed by atoms with Gasteiger partial charge in [-0.25, -0.2) is 9.97 Å². The molecule has 0 spiro atoms. The highest BCUT2D eigenvalue weighted by atomic mass is 32.2. The number of rotatable bonds is 7. The molecular weight excluding hydrogens is 416 g/mol. The number of aryl methyl sites for hydroxylation is 2. The minimum absolute atomic E-state index is 0.0438. The van der Waals surface area contributed by atoms with Crippen LogP contribution >= 0.6 is 11.8 Å². The van der Waals surface area contributed by atoms with E-state index in [4.69, 9.17) is 4.98 Å². The number of nitrogens with zero attached hydrogens (tertiary/aromatic N) is 3. The molecule has 2 aromatic carbocycles. The van der Waals surface area contributed by atoms with Crippen LogP contribution in [0.4, 0.5) is 11.5 Å². The zero-order valence-electron chi connectivity index (χ0n) is 18.8. The molecule has 1 aromatic heterocycles. The van der Waals surface area contributed by atoms with Gasteiger partial charge in [-0.3, -0.25) is 4.79 Å². The van der Waals surface area contributed by atoms with Crippen molar-refractivity contribution in [2.24, 2.45) is 5.92 Å². The lowest BCUT2D eigenvalue weighted by atomic mass is 9.90. The van der Waals surface area contributed by atoms with Crippen molar-refractivity contribution in [3.8, 4) is 0 Å². The van der Waals surface area contributed by atoms with Crippen LogP contribution in [0.15, 0.2) is 66.0 Å². The third kappa shape index (κ3) is 6.10. The predicted octanol–water partition coefficient (Wildman–Crippen LogP) is 5.28. The predicted molar refractivity (Wildman–Crippen MR) is 132 cm³/mol. The second kappa shape index (κ2) is 10.6. The highest BCUT2D eigenvalue weighted by Gasteiger charge is 2.21. The van der Waals surface area contributed by atoms with E-state index in [1.807, 2.05) is 32.0 Å². The molecule has 166 valence electrons. The van der Waals surface area contributed by atoms with E-state index >= 15 is 0 Å². The van der Waals surface area contributed by atoms with E-state index in [0.717, 1.165) is 42.5 Å². The van der Waals surface area contributed by atoms with Crippen LogP contribution in [0, 0.1) is 19.8 Å². The Morgan fingerprint density at radius 1 is 1.09 bits per heavy atom. The van der Waals surface area contributed by atoms with E-state index in [1.165, 1.54) is 35.7 Å².